The van der Waals surface area contributed by atoms with E-state index in [1.165, 1.54) is 0 Å². The van der Waals surface area contributed by atoms with E-state index in [-0.39, 0.29) is 5.69 Å². The number of carbonyl (C=O) groups excluding carboxylic acids is 1. The lowest BCUT2D eigenvalue weighted by Gasteiger charge is -2.26. The van der Waals surface area contributed by atoms with Crippen LogP contribution in [-0.2, 0) is 17.5 Å². The zero-order valence-electron chi connectivity index (χ0n) is 16.8. The molecular weight excluding hydrogens is 430 g/mol. The number of nitrogens with one attached hydrogen (secondary N) is 1. The second kappa shape index (κ2) is 9.05. The minimum absolute atomic E-state index is 0.0715. The Morgan fingerprint density at radius 1 is 1.09 bits per heavy atom. The summed E-state index contributed by atoms with van der Waals surface area (Å²) in [4.78, 5) is 14.8. The van der Waals surface area contributed by atoms with Gasteiger partial charge in [0.1, 0.15) is 5.82 Å². The maximum absolute atomic E-state index is 13.8. The van der Waals surface area contributed by atoms with Crippen molar-refractivity contribution in [2.24, 2.45) is 0 Å². The number of nitrogens with zero attached hydrogens (tertiary/aromatic N) is 4. The van der Waals surface area contributed by atoms with Gasteiger partial charge < -0.3 is 10.1 Å². The van der Waals surface area contributed by atoms with Crippen molar-refractivity contribution in [3.63, 3.8) is 0 Å². The molecule has 0 aliphatic carbocycles. The Kier molecular flexibility index (Phi) is 6.19. The fourth-order valence-electron chi connectivity index (χ4n) is 3.41. The summed E-state index contributed by atoms with van der Waals surface area (Å²) in [5.74, 6) is -1.66. The van der Waals surface area contributed by atoms with Gasteiger partial charge in [-0.2, -0.15) is 13.2 Å². The molecule has 0 spiro atoms. The van der Waals surface area contributed by atoms with Gasteiger partial charge in [-0.15, -0.1) is 5.10 Å². The van der Waals surface area contributed by atoms with Gasteiger partial charge in [-0.05, 0) is 42.0 Å². The van der Waals surface area contributed by atoms with Gasteiger partial charge in [-0.3, -0.25) is 9.69 Å². The monoisotopic (exact) mass is 449 g/mol. The van der Waals surface area contributed by atoms with Crippen LogP contribution in [0.25, 0.3) is 5.69 Å². The normalized spacial score (nSPS) is 15.0. The van der Waals surface area contributed by atoms with Crippen molar-refractivity contribution in [1.82, 2.24) is 19.9 Å². The molecule has 1 aliphatic rings. The largest absolute Gasteiger partial charge is 0.435 e. The summed E-state index contributed by atoms with van der Waals surface area (Å²) in [5, 5.41) is 9.41. The second-order valence-electron chi connectivity index (χ2n) is 7.22. The van der Waals surface area contributed by atoms with Gasteiger partial charge in [0.05, 0.1) is 18.9 Å². The standard InChI is InChI=1S/C21H19F4N5O2/c22-15-4-6-17(7-5-15)30-19(21(23,24)25)18(27-28-30)20(31)26-16-3-1-2-14(12-16)13-29-8-10-32-11-9-29/h1-7,12H,8-11,13H2,(H,26,31). The number of carbonyl (C=O) groups is 1. The molecule has 1 amide bonds. The van der Waals surface area contributed by atoms with E-state index in [1.807, 2.05) is 6.07 Å². The van der Waals surface area contributed by atoms with Crippen molar-refractivity contribution in [3.05, 3.63) is 71.3 Å². The van der Waals surface area contributed by atoms with E-state index in [9.17, 15) is 22.4 Å². The Labute approximate surface area is 180 Å². The Morgan fingerprint density at radius 3 is 2.50 bits per heavy atom. The Morgan fingerprint density at radius 2 is 1.81 bits per heavy atom. The molecule has 0 radical (unpaired) electrons. The molecule has 0 saturated carbocycles. The lowest BCUT2D eigenvalue weighted by atomic mass is 10.1. The van der Waals surface area contributed by atoms with Gasteiger partial charge in [0.15, 0.2) is 11.4 Å². The highest BCUT2D eigenvalue weighted by Gasteiger charge is 2.42. The van der Waals surface area contributed by atoms with Crippen LogP contribution >= 0.6 is 0 Å². The average molecular weight is 449 g/mol. The molecule has 2 heterocycles. The van der Waals surface area contributed by atoms with E-state index < -0.39 is 29.3 Å². The molecule has 0 unspecified atom stereocenters. The van der Waals surface area contributed by atoms with E-state index in [0.29, 0.717) is 30.1 Å². The number of hydrogen-bond donors (Lipinski definition) is 1. The summed E-state index contributed by atoms with van der Waals surface area (Å²) < 4.78 is 60.2. The van der Waals surface area contributed by atoms with Crippen molar-refractivity contribution in [2.75, 3.05) is 31.6 Å². The van der Waals surface area contributed by atoms with Gasteiger partial charge in [-0.25, -0.2) is 9.07 Å². The van der Waals surface area contributed by atoms with E-state index >= 15 is 0 Å². The van der Waals surface area contributed by atoms with Gasteiger partial charge in [0.25, 0.3) is 5.91 Å². The van der Waals surface area contributed by atoms with Crippen molar-refractivity contribution < 1.29 is 27.1 Å². The molecule has 4 rings (SSSR count). The molecule has 3 aromatic rings. The molecule has 1 aromatic heterocycles. The number of halogens is 4. The molecule has 32 heavy (non-hydrogen) atoms. The number of amides is 1. The van der Waals surface area contributed by atoms with Crippen LogP contribution in [0.3, 0.4) is 0 Å². The van der Waals surface area contributed by atoms with Crippen LogP contribution in [0.5, 0.6) is 0 Å². The van der Waals surface area contributed by atoms with E-state index in [1.54, 1.807) is 18.2 Å². The summed E-state index contributed by atoms with van der Waals surface area (Å²) in [7, 11) is 0. The maximum atomic E-state index is 13.8. The smallest absolute Gasteiger partial charge is 0.379 e. The quantitative estimate of drug-likeness (QED) is 0.604. The van der Waals surface area contributed by atoms with Crippen LogP contribution in [0.15, 0.2) is 48.5 Å². The zero-order valence-corrected chi connectivity index (χ0v) is 16.8. The fraction of sp³-hybridized carbons (Fsp3) is 0.286. The number of hydrogen-bond acceptors (Lipinski definition) is 5. The predicted octanol–water partition coefficient (Wildman–Crippen LogP) is 3.51. The molecule has 1 saturated heterocycles. The minimum atomic E-state index is -4.91. The predicted molar refractivity (Wildman–Crippen MR) is 107 cm³/mol. The van der Waals surface area contributed by atoms with Gasteiger partial charge in [0.2, 0.25) is 0 Å². The Bertz CT molecular complexity index is 1090. The molecule has 0 atom stereocenters. The number of ether oxygens (including phenoxy) is 1. The average Bonchev–Trinajstić information content (AvgIpc) is 3.21. The first-order valence-electron chi connectivity index (χ1n) is 9.80. The van der Waals surface area contributed by atoms with Gasteiger partial charge in [0, 0.05) is 25.3 Å². The van der Waals surface area contributed by atoms with Crippen LogP contribution in [0, 0.1) is 5.82 Å². The topological polar surface area (TPSA) is 72.3 Å². The second-order valence-corrected chi connectivity index (χ2v) is 7.22. The zero-order chi connectivity index (χ0) is 22.7. The maximum Gasteiger partial charge on any atom is 0.435 e. The number of rotatable bonds is 5. The molecule has 1 aliphatic heterocycles. The first kappa shape index (κ1) is 21.9. The van der Waals surface area contributed by atoms with Crippen molar-refractivity contribution in [1.29, 1.82) is 0 Å². The summed E-state index contributed by atoms with van der Waals surface area (Å²) in [6.45, 7) is 3.46. The minimum Gasteiger partial charge on any atom is -0.379 e. The first-order chi connectivity index (χ1) is 15.3. The molecular formula is C21H19F4N5O2. The third-order valence-electron chi connectivity index (χ3n) is 4.92. The summed E-state index contributed by atoms with van der Waals surface area (Å²) in [5.41, 5.74) is -1.05. The highest BCUT2D eigenvalue weighted by molar-refractivity contribution is 6.03. The van der Waals surface area contributed by atoms with Crippen molar-refractivity contribution in [2.45, 2.75) is 12.7 Å². The van der Waals surface area contributed by atoms with Crippen molar-refractivity contribution in [3.8, 4) is 5.69 Å². The number of anilines is 1. The first-order valence-corrected chi connectivity index (χ1v) is 9.80. The highest BCUT2D eigenvalue weighted by Crippen LogP contribution is 2.33. The third kappa shape index (κ3) is 4.94. The SMILES string of the molecule is O=C(Nc1cccc(CN2CCOCC2)c1)c1nnn(-c2ccc(F)cc2)c1C(F)(F)F. The van der Waals surface area contributed by atoms with Gasteiger partial charge in [-0.1, -0.05) is 17.3 Å². The fourth-order valence-corrected chi connectivity index (χ4v) is 3.41. The number of morpholine rings is 1. The van der Waals surface area contributed by atoms with Gasteiger partial charge >= 0.3 is 6.18 Å². The molecule has 168 valence electrons. The van der Waals surface area contributed by atoms with E-state index in [4.69, 9.17) is 4.74 Å². The van der Waals surface area contributed by atoms with E-state index in [0.717, 1.165) is 42.9 Å². The number of aromatic nitrogens is 3. The Balaban J connectivity index is 1.57. The molecule has 1 fully saturated rings. The number of benzene rings is 2. The number of alkyl halides is 3. The van der Waals surface area contributed by atoms with Crippen LogP contribution in [0.2, 0.25) is 0 Å². The van der Waals surface area contributed by atoms with Crippen LogP contribution in [-0.4, -0.2) is 52.1 Å². The third-order valence-corrected chi connectivity index (χ3v) is 4.92. The van der Waals surface area contributed by atoms with Crippen LogP contribution in [0.1, 0.15) is 21.7 Å². The highest BCUT2D eigenvalue weighted by atomic mass is 19.4. The molecule has 11 heteroatoms. The van der Waals surface area contributed by atoms with Crippen LogP contribution in [0.4, 0.5) is 23.2 Å². The summed E-state index contributed by atoms with van der Waals surface area (Å²) >= 11 is 0. The molecule has 1 N–H and O–H groups in total. The van der Waals surface area contributed by atoms with Crippen molar-refractivity contribution >= 4 is 11.6 Å². The Hall–Kier alpha value is -3.31. The summed E-state index contributed by atoms with van der Waals surface area (Å²) in [6, 6.07) is 11.1. The summed E-state index contributed by atoms with van der Waals surface area (Å²) in [6.07, 6.45) is -4.91. The lowest BCUT2D eigenvalue weighted by molar-refractivity contribution is -0.143. The lowest BCUT2D eigenvalue weighted by Crippen LogP contribution is -2.35. The molecule has 7 nitrogen and oxygen atoms in total. The van der Waals surface area contributed by atoms with E-state index in [2.05, 4.69) is 20.5 Å². The molecule has 0 bridgehead atoms. The molecule has 2 aromatic carbocycles. The van der Waals surface area contributed by atoms with Crippen LogP contribution < -0.4 is 5.32 Å².